The first-order valence-electron chi connectivity index (χ1n) is 13.4. The van der Waals surface area contributed by atoms with Crippen molar-refractivity contribution in [3.63, 3.8) is 0 Å². The second-order valence-electron chi connectivity index (χ2n) is 9.75. The van der Waals surface area contributed by atoms with Gasteiger partial charge in [-0.15, -0.1) is 0 Å². The van der Waals surface area contributed by atoms with Crippen molar-refractivity contribution < 1.29 is 9.59 Å². The third-order valence-electron chi connectivity index (χ3n) is 6.89. The van der Waals surface area contributed by atoms with Crippen molar-refractivity contribution in [2.24, 2.45) is 0 Å². The molecule has 3 aromatic heterocycles. The van der Waals surface area contributed by atoms with Gasteiger partial charge in [0.05, 0.1) is 5.39 Å². The summed E-state index contributed by atoms with van der Waals surface area (Å²) in [7, 11) is 0. The summed E-state index contributed by atoms with van der Waals surface area (Å²) < 4.78 is 0. The van der Waals surface area contributed by atoms with E-state index in [2.05, 4.69) is 32.0 Å². The number of hydrogen-bond acceptors (Lipinski definition) is 7. The molecule has 4 aromatic rings. The molecule has 4 heterocycles. The van der Waals surface area contributed by atoms with Gasteiger partial charge in [0.1, 0.15) is 17.2 Å². The van der Waals surface area contributed by atoms with Gasteiger partial charge in [-0.25, -0.2) is 9.97 Å². The molecular weight excluding hydrogens is 492 g/mol. The standard InChI is InChI=1S/C29H34N8O2/c1-20(38)31-14-15-33-27-24-18-25(34-28(24)36-26(35-27)22-7-3-2-4-8-22)29(39)37-16-10-23(11-17-37)32-13-9-21-6-5-12-30-19-21/h2-8,12,18-19,23,32H,9-11,13-17H2,1H3,(H,31,38)(H2,33,34,35,36). The summed E-state index contributed by atoms with van der Waals surface area (Å²) in [5, 5.41) is 10.4. The van der Waals surface area contributed by atoms with E-state index in [0.29, 0.717) is 55.2 Å². The lowest BCUT2D eigenvalue weighted by molar-refractivity contribution is -0.118. The molecule has 0 atom stereocenters. The minimum atomic E-state index is -0.0865. The minimum Gasteiger partial charge on any atom is -0.368 e. The zero-order valence-electron chi connectivity index (χ0n) is 22.1. The van der Waals surface area contributed by atoms with Gasteiger partial charge in [0, 0.05) is 57.1 Å². The summed E-state index contributed by atoms with van der Waals surface area (Å²) >= 11 is 0. The highest BCUT2D eigenvalue weighted by molar-refractivity contribution is 6.00. The Bertz CT molecular complexity index is 1400. The molecule has 1 saturated heterocycles. The van der Waals surface area contributed by atoms with Gasteiger partial charge in [-0.1, -0.05) is 36.4 Å². The number of carbonyl (C=O) groups is 2. The Labute approximate surface area is 227 Å². The summed E-state index contributed by atoms with van der Waals surface area (Å²) in [6, 6.07) is 16.0. The van der Waals surface area contributed by atoms with Crippen molar-refractivity contribution in [3.8, 4) is 11.4 Å². The largest absolute Gasteiger partial charge is 0.368 e. The van der Waals surface area contributed by atoms with Crippen LogP contribution in [0.15, 0.2) is 60.9 Å². The van der Waals surface area contributed by atoms with Gasteiger partial charge in [0.2, 0.25) is 5.91 Å². The number of fused-ring (bicyclic) bond motifs is 1. The van der Waals surface area contributed by atoms with Crippen LogP contribution in [0.5, 0.6) is 0 Å². The van der Waals surface area contributed by atoms with Crippen LogP contribution >= 0.6 is 0 Å². The number of piperidine rings is 1. The maximum atomic E-state index is 13.4. The summed E-state index contributed by atoms with van der Waals surface area (Å²) in [6.45, 7) is 4.73. The molecule has 0 radical (unpaired) electrons. The molecule has 5 rings (SSSR count). The molecule has 0 bridgehead atoms. The van der Waals surface area contributed by atoms with Gasteiger partial charge in [0.15, 0.2) is 5.82 Å². The van der Waals surface area contributed by atoms with E-state index >= 15 is 0 Å². The first-order valence-corrected chi connectivity index (χ1v) is 13.4. The van der Waals surface area contributed by atoms with E-state index < -0.39 is 0 Å². The SMILES string of the molecule is CC(=O)NCCNc1nc(-c2ccccc2)nc2[nH]c(C(=O)N3CCC(NCCc4cccnc4)CC3)cc12. The molecule has 10 heteroatoms. The second-order valence-corrected chi connectivity index (χ2v) is 9.75. The third kappa shape index (κ3) is 6.77. The monoisotopic (exact) mass is 526 g/mol. The summed E-state index contributed by atoms with van der Waals surface area (Å²) in [6.07, 6.45) is 6.45. The van der Waals surface area contributed by atoms with E-state index in [0.717, 1.165) is 36.8 Å². The number of benzene rings is 1. The molecule has 1 aliphatic heterocycles. The average Bonchev–Trinajstić information content (AvgIpc) is 3.41. The number of aromatic amines is 1. The Hall–Kier alpha value is -4.31. The van der Waals surface area contributed by atoms with Crippen LogP contribution in [0.2, 0.25) is 0 Å². The molecule has 0 unspecified atom stereocenters. The number of hydrogen-bond donors (Lipinski definition) is 4. The third-order valence-corrected chi connectivity index (χ3v) is 6.89. The normalized spacial score (nSPS) is 13.9. The predicted molar refractivity (Wildman–Crippen MR) is 151 cm³/mol. The number of nitrogens with one attached hydrogen (secondary N) is 4. The maximum absolute atomic E-state index is 13.4. The zero-order valence-corrected chi connectivity index (χ0v) is 22.1. The number of anilines is 1. The van der Waals surface area contributed by atoms with Crippen molar-refractivity contribution in [2.45, 2.75) is 32.2 Å². The van der Waals surface area contributed by atoms with Gasteiger partial charge in [-0.2, -0.15) is 0 Å². The first kappa shape index (κ1) is 26.3. The molecule has 4 N–H and O–H groups in total. The zero-order chi connectivity index (χ0) is 27.0. The van der Waals surface area contributed by atoms with Crippen LogP contribution in [0, 0.1) is 0 Å². The molecular formula is C29H34N8O2. The highest BCUT2D eigenvalue weighted by atomic mass is 16.2. The van der Waals surface area contributed by atoms with Crippen molar-refractivity contribution >= 4 is 28.7 Å². The Balaban J connectivity index is 1.25. The van der Waals surface area contributed by atoms with Gasteiger partial charge in [0.25, 0.3) is 5.91 Å². The molecule has 39 heavy (non-hydrogen) atoms. The van der Waals surface area contributed by atoms with E-state index in [9.17, 15) is 9.59 Å². The summed E-state index contributed by atoms with van der Waals surface area (Å²) in [5.41, 5.74) is 3.20. The van der Waals surface area contributed by atoms with Crippen LogP contribution < -0.4 is 16.0 Å². The van der Waals surface area contributed by atoms with Crippen molar-refractivity contribution in [1.29, 1.82) is 0 Å². The molecule has 202 valence electrons. The Kier molecular flexibility index (Phi) is 8.42. The van der Waals surface area contributed by atoms with Gasteiger partial charge < -0.3 is 25.8 Å². The topological polar surface area (TPSA) is 128 Å². The van der Waals surface area contributed by atoms with Crippen molar-refractivity contribution in [1.82, 2.24) is 35.5 Å². The van der Waals surface area contributed by atoms with Crippen LogP contribution in [0.3, 0.4) is 0 Å². The smallest absolute Gasteiger partial charge is 0.270 e. The molecule has 0 aliphatic carbocycles. The van der Waals surface area contributed by atoms with Crippen molar-refractivity contribution in [2.75, 3.05) is 38.0 Å². The number of likely N-dealkylation sites (tertiary alicyclic amines) is 1. The highest BCUT2D eigenvalue weighted by Crippen LogP contribution is 2.26. The molecule has 2 amide bonds. The lowest BCUT2D eigenvalue weighted by Crippen LogP contribution is -2.45. The molecule has 10 nitrogen and oxygen atoms in total. The fourth-order valence-electron chi connectivity index (χ4n) is 4.82. The number of nitrogens with zero attached hydrogens (tertiary/aromatic N) is 4. The van der Waals surface area contributed by atoms with Crippen LogP contribution in [0.25, 0.3) is 22.4 Å². The summed E-state index contributed by atoms with van der Waals surface area (Å²) in [5.74, 6) is 1.06. The van der Waals surface area contributed by atoms with Gasteiger partial charge >= 0.3 is 0 Å². The average molecular weight is 527 g/mol. The minimum absolute atomic E-state index is 0.0349. The molecule has 1 aromatic carbocycles. The fourth-order valence-corrected chi connectivity index (χ4v) is 4.82. The van der Waals surface area contributed by atoms with Crippen LogP contribution in [-0.4, -0.2) is 75.4 Å². The van der Waals surface area contributed by atoms with E-state index in [1.165, 1.54) is 12.5 Å². The molecule has 0 spiro atoms. The predicted octanol–water partition coefficient (Wildman–Crippen LogP) is 3.00. The van der Waals surface area contributed by atoms with Crippen LogP contribution in [-0.2, 0) is 11.2 Å². The first-order chi connectivity index (χ1) is 19.1. The number of carbonyl (C=O) groups excluding carboxylic acids is 2. The Morgan fingerprint density at radius 3 is 2.59 bits per heavy atom. The number of amides is 2. The number of pyridine rings is 1. The number of H-pyrrole nitrogens is 1. The fraction of sp³-hybridized carbons (Fsp3) is 0.345. The molecule has 0 saturated carbocycles. The molecule has 1 aliphatic rings. The second kappa shape index (κ2) is 12.5. The Morgan fingerprint density at radius 1 is 1.03 bits per heavy atom. The van der Waals surface area contributed by atoms with Gasteiger partial charge in [-0.3, -0.25) is 14.6 Å². The van der Waals surface area contributed by atoms with E-state index in [-0.39, 0.29) is 11.8 Å². The lowest BCUT2D eigenvalue weighted by Gasteiger charge is -2.32. The maximum Gasteiger partial charge on any atom is 0.270 e. The number of aromatic nitrogens is 4. The Morgan fingerprint density at radius 2 is 1.85 bits per heavy atom. The highest BCUT2D eigenvalue weighted by Gasteiger charge is 2.25. The van der Waals surface area contributed by atoms with E-state index in [4.69, 9.17) is 9.97 Å². The van der Waals surface area contributed by atoms with Gasteiger partial charge in [-0.05, 0) is 43.5 Å². The van der Waals surface area contributed by atoms with E-state index in [1.807, 2.05) is 53.6 Å². The van der Waals surface area contributed by atoms with Crippen LogP contribution in [0.4, 0.5) is 5.82 Å². The molecule has 1 fully saturated rings. The number of rotatable bonds is 10. The quantitative estimate of drug-likeness (QED) is 0.234. The van der Waals surface area contributed by atoms with E-state index in [1.54, 1.807) is 6.20 Å². The lowest BCUT2D eigenvalue weighted by atomic mass is 10.0. The van der Waals surface area contributed by atoms with Crippen molar-refractivity contribution in [3.05, 3.63) is 72.2 Å². The summed E-state index contributed by atoms with van der Waals surface area (Å²) in [4.78, 5) is 43.5. The van der Waals surface area contributed by atoms with Crippen LogP contribution in [0.1, 0.15) is 35.8 Å².